The van der Waals surface area contributed by atoms with Crippen molar-refractivity contribution in [1.82, 2.24) is 20.1 Å². The monoisotopic (exact) mass is 374 g/mol. The molecule has 0 saturated heterocycles. The summed E-state index contributed by atoms with van der Waals surface area (Å²) in [5.74, 6) is 0.509. The van der Waals surface area contributed by atoms with E-state index in [9.17, 15) is 9.59 Å². The predicted octanol–water partition coefficient (Wildman–Crippen LogP) is 1.94. The van der Waals surface area contributed by atoms with E-state index in [4.69, 9.17) is 4.74 Å². The van der Waals surface area contributed by atoms with Crippen LogP contribution >= 0.6 is 0 Å². The minimum absolute atomic E-state index is 0.0299. The van der Waals surface area contributed by atoms with E-state index in [1.54, 1.807) is 7.11 Å². The molecule has 0 radical (unpaired) electrons. The van der Waals surface area contributed by atoms with Crippen LogP contribution in [0.4, 0.5) is 0 Å². The Labute approximate surface area is 161 Å². The Balaban J connectivity index is 1.71. The van der Waals surface area contributed by atoms with E-state index in [0.717, 1.165) is 24.1 Å². The van der Waals surface area contributed by atoms with E-state index in [1.165, 1.54) is 12.8 Å². The Morgan fingerprint density at radius 2 is 2.11 bits per heavy atom. The number of rotatable bonds is 7. The minimum Gasteiger partial charge on any atom is -0.481 e. The molecule has 148 valence electrons. The number of hydrogen-bond acceptors (Lipinski definition) is 5. The maximum absolute atomic E-state index is 12.8. The molecule has 27 heavy (non-hydrogen) atoms. The molecule has 1 N–H and O–H groups in total. The van der Waals surface area contributed by atoms with Gasteiger partial charge in [0.2, 0.25) is 11.8 Å². The van der Waals surface area contributed by atoms with Gasteiger partial charge in [0.25, 0.3) is 5.91 Å². The Morgan fingerprint density at radius 3 is 2.74 bits per heavy atom. The third-order valence-corrected chi connectivity index (χ3v) is 5.75. The highest BCUT2D eigenvalue weighted by Crippen LogP contribution is 2.33. The summed E-state index contributed by atoms with van der Waals surface area (Å²) < 4.78 is 5.42. The first kappa shape index (κ1) is 19.6. The van der Waals surface area contributed by atoms with Crippen LogP contribution in [0.5, 0.6) is 5.88 Å². The Hall–Kier alpha value is -2.15. The molecule has 2 aliphatic rings. The zero-order valence-electron chi connectivity index (χ0n) is 16.7. The molecule has 0 bridgehead atoms. The second-order valence-electron chi connectivity index (χ2n) is 7.82. The van der Waals surface area contributed by atoms with Crippen LogP contribution in [0, 0.1) is 0 Å². The number of amides is 2. The number of pyridine rings is 1. The molecule has 0 aromatic carbocycles. The van der Waals surface area contributed by atoms with E-state index in [-0.39, 0.29) is 17.9 Å². The first-order valence-electron chi connectivity index (χ1n) is 9.71. The van der Waals surface area contributed by atoms with Crippen LogP contribution in [-0.4, -0.2) is 59.9 Å². The highest BCUT2D eigenvalue weighted by Gasteiger charge is 2.35. The molecule has 3 rings (SSSR count). The normalized spacial score (nSPS) is 18.1. The first-order valence-corrected chi connectivity index (χ1v) is 9.71. The molecule has 2 heterocycles. The van der Waals surface area contributed by atoms with E-state index >= 15 is 0 Å². The van der Waals surface area contributed by atoms with Crippen molar-refractivity contribution in [1.29, 1.82) is 0 Å². The van der Waals surface area contributed by atoms with Gasteiger partial charge in [0.05, 0.1) is 24.9 Å². The molecule has 1 atom stereocenters. The van der Waals surface area contributed by atoms with Crippen LogP contribution in [0.25, 0.3) is 0 Å². The molecule has 1 aliphatic heterocycles. The zero-order chi connectivity index (χ0) is 19.6. The zero-order valence-corrected chi connectivity index (χ0v) is 16.7. The number of ether oxygens (including phenoxy) is 1. The molecule has 1 aromatic rings. The molecule has 7 heteroatoms. The van der Waals surface area contributed by atoms with Gasteiger partial charge in [-0.1, -0.05) is 12.8 Å². The number of methoxy groups -OCH3 is 1. The van der Waals surface area contributed by atoms with Crippen LogP contribution in [0.3, 0.4) is 0 Å². The van der Waals surface area contributed by atoms with Crippen molar-refractivity contribution in [2.24, 2.45) is 0 Å². The lowest BCUT2D eigenvalue weighted by atomic mass is 10.1. The summed E-state index contributed by atoms with van der Waals surface area (Å²) >= 11 is 0. The second-order valence-corrected chi connectivity index (χ2v) is 7.82. The third kappa shape index (κ3) is 4.24. The average molecular weight is 374 g/mol. The summed E-state index contributed by atoms with van der Waals surface area (Å²) in [5.41, 5.74) is 2.16. The quantitative estimate of drug-likeness (QED) is 0.790. The lowest BCUT2D eigenvalue weighted by Crippen LogP contribution is -2.33. The number of nitrogens with zero attached hydrogens (tertiary/aromatic N) is 3. The van der Waals surface area contributed by atoms with E-state index < -0.39 is 0 Å². The summed E-state index contributed by atoms with van der Waals surface area (Å²) in [6.07, 6.45) is 4.93. The molecular weight excluding hydrogens is 344 g/mol. The van der Waals surface area contributed by atoms with Crippen molar-refractivity contribution in [2.75, 3.05) is 21.2 Å². The summed E-state index contributed by atoms with van der Waals surface area (Å²) in [5, 5.41) is 2.92. The van der Waals surface area contributed by atoms with Crippen molar-refractivity contribution < 1.29 is 14.3 Å². The predicted molar refractivity (Wildman–Crippen MR) is 103 cm³/mol. The fraction of sp³-hybridized carbons (Fsp3) is 0.650. The Kier molecular flexibility index (Phi) is 5.99. The molecular formula is C20H30N4O3. The summed E-state index contributed by atoms with van der Waals surface area (Å²) in [6.45, 7) is 2.87. The van der Waals surface area contributed by atoms with Gasteiger partial charge in [-0.2, -0.15) is 0 Å². The molecule has 1 aromatic heterocycles. The van der Waals surface area contributed by atoms with Crippen molar-refractivity contribution >= 4 is 11.8 Å². The molecule has 2 amide bonds. The molecule has 0 spiro atoms. The van der Waals surface area contributed by atoms with Crippen LogP contribution in [0.15, 0.2) is 6.07 Å². The topological polar surface area (TPSA) is 74.8 Å². The smallest absolute Gasteiger partial charge is 0.256 e. The minimum atomic E-state index is -0.0299. The number of fused-ring (bicyclic) bond motifs is 1. The first-order chi connectivity index (χ1) is 12.9. The Morgan fingerprint density at radius 1 is 1.41 bits per heavy atom. The summed E-state index contributed by atoms with van der Waals surface area (Å²) in [7, 11) is 5.47. The van der Waals surface area contributed by atoms with E-state index in [1.807, 2.05) is 36.9 Å². The van der Waals surface area contributed by atoms with Gasteiger partial charge in [-0.15, -0.1) is 0 Å². The van der Waals surface area contributed by atoms with Gasteiger partial charge in [0.15, 0.2) is 0 Å². The molecule has 1 aliphatic carbocycles. The Bertz CT molecular complexity index is 713. The van der Waals surface area contributed by atoms with Gasteiger partial charge in [-0.05, 0) is 39.9 Å². The lowest BCUT2D eigenvalue weighted by Gasteiger charge is -2.22. The molecule has 1 fully saturated rings. The van der Waals surface area contributed by atoms with Crippen LogP contribution in [0.1, 0.15) is 60.6 Å². The highest BCUT2D eigenvalue weighted by atomic mass is 16.5. The van der Waals surface area contributed by atoms with Crippen LogP contribution < -0.4 is 10.1 Å². The standard InChI is InChI=1S/C20H30N4O3/c1-13(23(2)3)9-18(25)21-11-14-10-16-17(22-19(14)27-4)12-24(20(16)26)15-7-5-6-8-15/h10,13,15H,5-9,11-12H2,1-4H3,(H,21,25)/t13-/m1/s1. The van der Waals surface area contributed by atoms with E-state index in [2.05, 4.69) is 10.3 Å². The van der Waals surface area contributed by atoms with Crippen LogP contribution in [0.2, 0.25) is 0 Å². The molecule has 7 nitrogen and oxygen atoms in total. The van der Waals surface area contributed by atoms with Gasteiger partial charge >= 0.3 is 0 Å². The van der Waals surface area contributed by atoms with Gasteiger partial charge in [0.1, 0.15) is 0 Å². The van der Waals surface area contributed by atoms with Gasteiger partial charge in [0, 0.05) is 30.6 Å². The summed E-state index contributed by atoms with van der Waals surface area (Å²) in [6, 6.07) is 2.33. The number of carbonyl (C=O) groups excluding carboxylic acids is 2. The van der Waals surface area contributed by atoms with Gasteiger partial charge in [-0.3, -0.25) is 9.59 Å². The van der Waals surface area contributed by atoms with Crippen LogP contribution in [-0.2, 0) is 17.9 Å². The SMILES string of the molecule is COc1nc2c(cc1CNC(=O)C[C@@H](C)N(C)C)C(=O)N(C1CCCC1)C2. The van der Waals surface area contributed by atoms with Crippen molar-refractivity contribution in [2.45, 2.75) is 64.2 Å². The maximum Gasteiger partial charge on any atom is 0.256 e. The number of nitrogens with one attached hydrogen (secondary N) is 1. The van der Waals surface area contributed by atoms with Gasteiger partial charge < -0.3 is 19.9 Å². The molecule has 1 saturated carbocycles. The highest BCUT2D eigenvalue weighted by molar-refractivity contribution is 5.98. The maximum atomic E-state index is 12.8. The largest absolute Gasteiger partial charge is 0.481 e. The fourth-order valence-corrected chi connectivity index (χ4v) is 3.80. The number of aromatic nitrogens is 1. The summed E-state index contributed by atoms with van der Waals surface area (Å²) in [4.78, 5) is 33.6. The van der Waals surface area contributed by atoms with Crippen molar-refractivity contribution in [3.05, 3.63) is 22.9 Å². The van der Waals surface area contributed by atoms with Crippen molar-refractivity contribution in [3.8, 4) is 5.88 Å². The van der Waals surface area contributed by atoms with Gasteiger partial charge in [-0.25, -0.2) is 4.98 Å². The number of hydrogen-bond donors (Lipinski definition) is 1. The average Bonchev–Trinajstić information content (AvgIpc) is 3.27. The lowest BCUT2D eigenvalue weighted by molar-refractivity contribution is -0.122. The van der Waals surface area contributed by atoms with Crippen molar-refractivity contribution in [3.63, 3.8) is 0 Å². The van der Waals surface area contributed by atoms with E-state index in [0.29, 0.717) is 37.0 Å². The molecule has 0 unspecified atom stereocenters. The second kappa shape index (κ2) is 8.25. The fourth-order valence-electron chi connectivity index (χ4n) is 3.80. The third-order valence-electron chi connectivity index (χ3n) is 5.75. The number of carbonyl (C=O) groups is 2.